The average Bonchev–Trinajstić information content (AvgIpc) is 3.17. The summed E-state index contributed by atoms with van der Waals surface area (Å²) >= 11 is 7.83. The summed E-state index contributed by atoms with van der Waals surface area (Å²) in [5.74, 6) is -0.101. The maximum absolute atomic E-state index is 12.1. The normalized spacial score (nSPS) is 15.7. The van der Waals surface area contributed by atoms with Gasteiger partial charge < -0.3 is 16.2 Å². The highest BCUT2D eigenvalue weighted by molar-refractivity contribution is 7.17. The van der Waals surface area contributed by atoms with Crippen LogP contribution in [-0.2, 0) is 5.54 Å². The highest BCUT2D eigenvalue weighted by atomic mass is 35.5. The third kappa shape index (κ3) is 3.59. The Morgan fingerprint density at radius 1 is 1.29 bits per heavy atom. The van der Waals surface area contributed by atoms with Crippen molar-refractivity contribution >= 4 is 34.5 Å². The Morgan fingerprint density at radius 3 is 2.81 bits per heavy atom. The molecule has 1 aliphatic carbocycles. The average molecular weight is 453 g/mol. The number of primary amides is 1. The number of carbonyl (C=O) groups excluding carboxylic acids is 1. The molecule has 0 bridgehead atoms. The summed E-state index contributed by atoms with van der Waals surface area (Å²) in [6.07, 6.45) is 5.26. The third-order valence-electron chi connectivity index (χ3n) is 5.70. The largest absolute Gasteiger partial charge is 0.484 e. The fourth-order valence-corrected chi connectivity index (χ4v) is 5.00. The lowest BCUT2D eigenvalue weighted by atomic mass is 10.0. The predicted molar refractivity (Wildman–Crippen MR) is 123 cm³/mol. The van der Waals surface area contributed by atoms with Gasteiger partial charge in [0.25, 0.3) is 5.91 Å². The van der Waals surface area contributed by atoms with Gasteiger partial charge in [-0.3, -0.25) is 9.20 Å². The van der Waals surface area contributed by atoms with Crippen LogP contribution >= 0.6 is 22.9 Å². The zero-order valence-electron chi connectivity index (χ0n) is 16.8. The SMILES string of the molecule is C[C@@H](Oc1cc(-c2cnc3ccccn23)sc1C(N)=O)c1ccc(C2(N)CC2)cc1Cl. The van der Waals surface area contributed by atoms with Crippen LogP contribution in [0.2, 0.25) is 5.02 Å². The number of nitrogens with two attached hydrogens (primary N) is 2. The van der Waals surface area contributed by atoms with Crippen LogP contribution in [0.3, 0.4) is 0 Å². The van der Waals surface area contributed by atoms with E-state index in [9.17, 15) is 4.79 Å². The molecule has 0 radical (unpaired) electrons. The number of benzene rings is 1. The number of halogens is 1. The van der Waals surface area contributed by atoms with Crippen molar-refractivity contribution in [2.75, 3.05) is 0 Å². The first-order valence-corrected chi connectivity index (χ1v) is 11.2. The molecule has 31 heavy (non-hydrogen) atoms. The van der Waals surface area contributed by atoms with Crippen molar-refractivity contribution in [3.05, 3.63) is 75.9 Å². The summed E-state index contributed by atoms with van der Waals surface area (Å²) in [4.78, 5) is 17.7. The molecular weight excluding hydrogens is 432 g/mol. The van der Waals surface area contributed by atoms with Gasteiger partial charge in [-0.25, -0.2) is 4.98 Å². The fraction of sp³-hybridized carbons (Fsp3) is 0.217. The Bertz CT molecular complexity index is 1310. The first kappa shape index (κ1) is 20.1. The second-order valence-corrected chi connectivity index (χ2v) is 9.35. The standard InChI is InChI=1S/C23H21ClN4O2S/c1-13(15-6-5-14(10-16(15)24)23(26)7-8-23)30-18-11-19(31-21(18)22(25)29)17-12-27-20-4-2-3-9-28(17)20/h2-6,9-13H,7-8,26H2,1H3,(H2,25,29)/t13-/m1/s1. The number of hydrogen-bond donors (Lipinski definition) is 2. The van der Waals surface area contributed by atoms with Gasteiger partial charge in [-0.2, -0.15) is 0 Å². The molecule has 158 valence electrons. The Balaban J connectivity index is 1.47. The van der Waals surface area contributed by atoms with Crippen molar-refractivity contribution in [2.24, 2.45) is 11.5 Å². The quantitative estimate of drug-likeness (QED) is 0.434. The molecule has 4 N–H and O–H groups in total. The van der Waals surface area contributed by atoms with Crippen LogP contribution in [0.4, 0.5) is 0 Å². The first-order valence-electron chi connectivity index (χ1n) is 9.97. The number of rotatable bonds is 6. The fourth-order valence-electron chi connectivity index (χ4n) is 3.72. The molecule has 4 aromatic rings. The van der Waals surface area contributed by atoms with Gasteiger partial charge in [-0.15, -0.1) is 11.3 Å². The van der Waals surface area contributed by atoms with E-state index >= 15 is 0 Å². The Labute approximate surface area is 188 Å². The van der Waals surface area contributed by atoms with Crippen LogP contribution in [0.1, 0.15) is 46.7 Å². The number of imidazole rings is 1. The maximum Gasteiger partial charge on any atom is 0.262 e. The minimum absolute atomic E-state index is 0.248. The van der Waals surface area contributed by atoms with Gasteiger partial charge in [0.1, 0.15) is 22.4 Å². The van der Waals surface area contributed by atoms with E-state index in [1.165, 1.54) is 11.3 Å². The van der Waals surface area contributed by atoms with E-state index in [1.807, 2.05) is 60.0 Å². The lowest BCUT2D eigenvalue weighted by Crippen LogP contribution is -2.19. The number of hydrogen-bond acceptors (Lipinski definition) is 5. The molecule has 0 saturated heterocycles. The van der Waals surface area contributed by atoms with Crippen LogP contribution < -0.4 is 16.2 Å². The number of thiophene rings is 1. The van der Waals surface area contributed by atoms with E-state index in [0.29, 0.717) is 15.6 Å². The van der Waals surface area contributed by atoms with Crippen molar-refractivity contribution in [1.82, 2.24) is 9.38 Å². The molecule has 1 aliphatic rings. The molecule has 3 aromatic heterocycles. The number of pyridine rings is 1. The zero-order chi connectivity index (χ0) is 21.8. The molecule has 8 heteroatoms. The summed E-state index contributed by atoms with van der Waals surface area (Å²) in [5.41, 5.74) is 15.2. The molecule has 3 heterocycles. The smallest absolute Gasteiger partial charge is 0.262 e. The van der Waals surface area contributed by atoms with E-state index in [4.69, 9.17) is 27.8 Å². The lowest BCUT2D eigenvalue weighted by molar-refractivity contribution is 0.0998. The summed E-state index contributed by atoms with van der Waals surface area (Å²) in [7, 11) is 0. The minimum Gasteiger partial charge on any atom is -0.484 e. The Kier molecular flexibility index (Phi) is 4.77. The molecule has 0 spiro atoms. The van der Waals surface area contributed by atoms with Crippen molar-refractivity contribution in [2.45, 2.75) is 31.4 Å². The number of nitrogens with zero attached hydrogens (tertiary/aromatic N) is 2. The van der Waals surface area contributed by atoms with E-state index in [2.05, 4.69) is 4.98 Å². The van der Waals surface area contributed by atoms with Gasteiger partial charge in [0.05, 0.1) is 16.8 Å². The van der Waals surface area contributed by atoms with Gasteiger partial charge in [0.2, 0.25) is 0 Å². The summed E-state index contributed by atoms with van der Waals surface area (Å²) in [6.45, 7) is 1.90. The first-order chi connectivity index (χ1) is 14.9. The monoisotopic (exact) mass is 452 g/mol. The number of fused-ring (bicyclic) bond motifs is 1. The molecule has 6 nitrogen and oxygen atoms in total. The van der Waals surface area contributed by atoms with Crippen molar-refractivity contribution in [1.29, 1.82) is 0 Å². The Hall–Kier alpha value is -2.87. The Morgan fingerprint density at radius 2 is 2.10 bits per heavy atom. The molecule has 1 atom stereocenters. The lowest BCUT2D eigenvalue weighted by Gasteiger charge is -2.18. The van der Waals surface area contributed by atoms with Gasteiger partial charge in [-0.05, 0) is 43.5 Å². The molecule has 1 fully saturated rings. The second-order valence-electron chi connectivity index (χ2n) is 7.89. The molecule has 1 saturated carbocycles. The molecular formula is C23H21ClN4O2S. The van der Waals surface area contributed by atoms with Gasteiger partial charge in [0, 0.05) is 28.4 Å². The minimum atomic E-state index is -0.535. The van der Waals surface area contributed by atoms with Crippen molar-refractivity contribution in [3.63, 3.8) is 0 Å². The van der Waals surface area contributed by atoms with E-state index in [0.717, 1.165) is 40.2 Å². The molecule has 5 rings (SSSR count). The maximum atomic E-state index is 12.1. The van der Waals surface area contributed by atoms with Crippen LogP contribution in [0.5, 0.6) is 5.75 Å². The van der Waals surface area contributed by atoms with Gasteiger partial charge in [-0.1, -0.05) is 29.8 Å². The van der Waals surface area contributed by atoms with E-state index < -0.39 is 5.91 Å². The molecule has 1 aromatic carbocycles. The van der Waals surface area contributed by atoms with Crippen LogP contribution in [0.25, 0.3) is 16.2 Å². The topological polar surface area (TPSA) is 95.6 Å². The van der Waals surface area contributed by atoms with Crippen molar-refractivity contribution in [3.8, 4) is 16.3 Å². The van der Waals surface area contributed by atoms with Gasteiger partial charge in [0.15, 0.2) is 0 Å². The zero-order valence-corrected chi connectivity index (χ0v) is 18.4. The number of aromatic nitrogens is 2. The molecule has 0 unspecified atom stereocenters. The second kappa shape index (κ2) is 7.37. The van der Waals surface area contributed by atoms with E-state index in [-0.39, 0.29) is 11.6 Å². The third-order valence-corrected chi connectivity index (χ3v) is 7.18. The van der Waals surface area contributed by atoms with Crippen molar-refractivity contribution < 1.29 is 9.53 Å². The summed E-state index contributed by atoms with van der Waals surface area (Å²) < 4.78 is 8.13. The molecule has 0 aliphatic heterocycles. The van der Waals surface area contributed by atoms with Gasteiger partial charge >= 0.3 is 0 Å². The summed E-state index contributed by atoms with van der Waals surface area (Å²) in [6, 6.07) is 13.5. The number of amides is 1. The summed E-state index contributed by atoms with van der Waals surface area (Å²) in [5, 5.41) is 0.597. The molecule has 1 amide bonds. The van der Waals surface area contributed by atoms with Crippen LogP contribution in [0, 0.1) is 0 Å². The van der Waals surface area contributed by atoms with Crippen LogP contribution in [-0.4, -0.2) is 15.3 Å². The number of carbonyl (C=O) groups is 1. The highest BCUT2D eigenvalue weighted by Crippen LogP contribution is 2.44. The number of ether oxygens (including phenoxy) is 1. The van der Waals surface area contributed by atoms with E-state index in [1.54, 1.807) is 6.20 Å². The van der Waals surface area contributed by atoms with Crippen LogP contribution in [0.15, 0.2) is 54.9 Å². The predicted octanol–water partition coefficient (Wildman–Crippen LogP) is 4.90. The highest BCUT2D eigenvalue weighted by Gasteiger charge is 2.40.